The molecule has 0 rings (SSSR count). The number of hydrogen-bond acceptors (Lipinski definition) is 3. The summed E-state index contributed by atoms with van der Waals surface area (Å²) in [6.45, 7) is 3.19. The predicted octanol–water partition coefficient (Wildman–Crippen LogP) is 1.15. The molecular weight excluding hydrogens is 162 g/mol. The minimum absolute atomic E-state index is 0.00181. The minimum Gasteiger partial charge on any atom is -0.481 e. The molecule has 0 saturated heterocycles. The molecule has 0 spiro atoms. The molecule has 2 atom stereocenters. The van der Waals surface area contributed by atoms with Gasteiger partial charge in [0, 0.05) is 24.7 Å². The smallest absolute Gasteiger partial charge is 0.303 e. The fourth-order valence-corrected chi connectivity index (χ4v) is 1.05. The second-order valence-corrected chi connectivity index (χ2v) is 3.07. The zero-order chi connectivity index (χ0) is 9.72. The molecule has 5 nitrogen and oxygen atoms in total. The molecule has 0 fully saturated rings. The van der Waals surface area contributed by atoms with Gasteiger partial charge < -0.3 is 5.11 Å². The van der Waals surface area contributed by atoms with Crippen LogP contribution in [0.15, 0.2) is 0 Å². The summed E-state index contributed by atoms with van der Waals surface area (Å²) in [5.74, 6) is -1.04. The fourth-order valence-electron chi connectivity index (χ4n) is 1.05. The second-order valence-electron chi connectivity index (χ2n) is 3.07. The Hall–Kier alpha value is -1.13. The third-order valence-corrected chi connectivity index (χ3v) is 1.63. The van der Waals surface area contributed by atoms with Crippen LogP contribution < -0.4 is 0 Å². The van der Waals surface area contributed by atoms with Gasteiger partial charge in [0.05, 0.1) is 0 Å². The summed E-state index contributed by atoms with van der Waals surface area (Å²) in [6, 6.07) is -0.653. The lowest BCUT2D eigenvalue weighted by Gasteiger charge is -2.08. The largest absolute Gasteiger partial charge is 0.481 e. The van der Waals surface area contributed by atoms with Crippen LogP contribution in [-0.4, -0.2) is 22.0 Å². The Kier molecular flexibility index (Phi) is 4.25. The lowest BCUT2D eigenvalue weighted by atomic mass is 10.00. The van der Waals surface area contributed by atoms with Crippen molar-refractivity contribution in [1.29, 1.82) is 0 Å². The van der Waals surface area contributed by atoms with Crippen molar-refractivity contribution < 1.29 is 14.8 Å². The third-order valence-electron chi connectivity index (χ3n) is 1.63. The number of carboxylic acid groups (broad SMARTS) is 1. The van der Waals surface area contributed by atoms with Crippen molar-refractivity contribution in [3.8, 4) is 0 Å². The van der Waals surface area contributed by atoms with Crippen molar-refractivity contribution >= 4 is 5.97 Å². The van der Waals surface area contributed by atoms with E-state index in [0.717, 1.165) is 0 Å². The normalized spacial score (nSPS) is 15.2. The van der Waals surface area contributed by atoms with Gasteiger partial charge in [-0.05, 0) is 5.92 Å². The van der Waals surface area contributed by atoms with Crippen molar-refractivity contribution in [3.63, 3.8) is 0 Å². The molecule has 0 amide bonds. The van der Waals surface area contributed by atoms with E-state index in [2.05, 4.69) is 0 Å². The van der Waals surface area contributed by atoms with Crippen LogP contribution >= 0.6 is 0 Å². The highest BCUT2D eigenvalue weighted by Gasteiger charge is 2.18. The Morgan fingerprint density at radius 1 is 1.58 bits per heavy atom. The SMILES string of the molecule is CC(CC(=O)O)CC(C)[N+](=O)[O-]. The van der Waals surface area contributed by atoms with Crippen LogP contribution in [0.25, 0.3) is 0 Å². The van der Waals surface area contributed by atoms with Gasteiger partial charge in [0.2, 0.25) is 6.04 Å². The number of carbonyl (C=O) groups is 1. The van der Waals surface area contributed by atoms with E-state index in [9.17, 15) is 14.9 Å². The summed E-state index contributed by atoms with van der Waals surface area (Å²) in [4.78, 5) is 20.0. The number of hydrogen-bond donors (Lipinski definition) is 1. The number of nitro groups is 1. The van der Waals surface area contributed by atoms with Crippen molar-refractivity contribution in [3.05, 3.63) is 10.1 Å². The van der Waals surface area contributed by atoms with E-state index >= 15 is 0 Å². The Morgan fingerprint density at radius 2 is 2.08 bits per heavy atom. The number of carboxylic acids is 1. The van der Waals surface area contributed by atoms with Gasteiger partial charge in [0.1, 0.15) is 0 Å². The highest BCUT2D eigenvalue weighted by Crippen LogP contribution is 2.11. The summed E-state index contributed by atoms with van der Waals surface area (Å²) in [5, 5.41) is 18.5. The zero-order valence-corrected chi connectivity index (χ0v) is 7.19. The van der Waals surface area contributed by atoms with Crippen LogP contribution in [0.3, 0.4) is 0 Å². The van der Waals surface area contributed by atoms with E-state index in [-0.39, 0.29) is 12.3 Å². The van der Waals surface area contributed by atoms with E-state index < -0.39 is 16.9 Å². The Balaban J connectivity index is 3.76. The van der Waals surface area contributed by atoms with Gasteiger partial charge in [-0.3, -0.25) is 14.9 Å². The molecular formula is C7H13NO4. The second kappa shape index (κ2) is 4.69. The summed E-state index contributed by atoms with van der Waals surface area (Å²) in [7, 11) is 0. The third kappa shape index (κ3) is 4.65. The first kappa shape index (κ1) is 10.9. The molecule has 0 aromatic carbocycles. The van der Waals surface area contributed by atoms with Crippen molar-refractivity contribution in [1.82, 2.24) is 0 Å². The average Bonchev–Trinajstić information content (AvgIpc) is 1.84. The summed E-state index contributed by atoms with van der Waals surface area (Å²) >= 11 is 0. The van der Waals surface area contributed by atoms with Gasteiger partial charge in [0.25, 0.3) is 0 Å². The van der Waals surface area contributed by atoms with Crippen molar-refractivity contribution in [2.24, 2.45) is 5.92 Å². The van der Waals surface area contributed by atoms with Crippen LogP contribution in [0.2, 0.25) is 0 Å². The monoisotopic (exact) mass is 175 g/mol. The molecule has 12 heavy (non-hydrogen) atoms. The Morgan fingerprint density at radius 3 is 2.42 bits per heavy atom. The lowest BCUT2D eigenvalue weighted by Crippen LogP contribution is -2.19. The molecule has 0 bridgehead atoms. The van der Waals surface area contributed by atoms with E-state index in [1.165, 1.54) is 6.92 Å². The van der Waals surface area contributed by atoms with Crippen LogP contribution in [0.4, 0.5) is 0 Å². The zero-order valence-electron chi connectivity index (χ0n) is 7.19. The highest BCUT2D eigenvalue weighted by atomic mass is 16.6. The van der Waals surface area contributed by atoms with E-state index in [0.29, 0.717) is 6.42 Å². The van der Waals surface area contributed by atoms with Gasteiger partial charge in [0.15, 0.2) is 0 Å². The quantitative estimate of drug-likeness (QED) is 0.502. The van der Waals surface area contributed by atoms with E-state index in [4.69, 9.17) is 5.11 Å². The molecule has 0 saturated carbocycles. The first-order valence-corrected chi connectivity index (χ1v) is 3.78. The van der Waals surface area contributed by atoms with Crippen LogP contribution in [0.1, 0.15) is 26.7 Å². The van der Waals surface area contributed by atoms with Crippen LogP contribution in [-0.2, 0) is 4.79 Å². The Labute approximate surface area is 70.5 Å². The first-order valence-electron chi connectivity index (χ1n) is 3.78. The molecule has 70 valence electrons. The van der Waals surface area contributed by atoms with Crippen molar-refractivity contribution in [2.75, 3.05) is 0 Å². The molecule has 0 aromatic heterocycles. The minimum atomic E-state index is -0.905. The molecule has 0 aliphatic carbocycles. The maximum absolute atomic E-state index is 10.2. The van der Waals surface area contributed by atoms with Gasteiger partial charge in [-0.1, -0.05) is 6.92 Å². The summed E-state index contributed by atoms with van der Waals surface area (Å²) in [6.07, 6.45) is 0.317. The van der Waals surface area contributed by atoms with E-state index in [1.54, 1.807) is 6.92 Å². The van der Waals surface area contributed by atoms with Gasteiger partial charge >= 0.3 is 5.97 Å². The molecule has 0 radical (unpaired) electrons. The molecule has 5 heteroatoms. The molecule has 0 aromatic rings. The predicted molar refractivity (Wildman–Crippen MR) is 42.5 cm³/mol. The maximum atomic E-state index is 10.2. The number of rotatable bonds is 5. The van der Waals surface area contributed by atoms with E-state index in [1.807, 2.05) is 0 Å². The maximum Gasteiger partial charge on any atom is 0.303 e. The molecule has 2 unspecified atom stereocenters. The Bertz CT molecular complexity index is 180. The average molecular weight is 175 g/mol. The standard InChI is InChI=1S/C7H13NO4/c1-5(4-7(9)10)3-6(2)8(11)12/h5-6H,3-4H2,1-2H3,(H,9,10). The fraction of sp³-hybridized carbons (Fsp3) is 0.857. The molecule has 0 aliphatic heterocycles. The number of aliphatic carboxylic acids is 1. The topological polar surface area (TPSA) is 80.4 Å². The molecule has 0 aliphatic rings. The molecule has 1 N–H and O–H groups in total. The molecule has 0 heterocycles. The summed E-state index contributed by atoms with van der Waals surface area (Å²) in [5.41, 5.74) is 0. The highest BCUT2D eigenvalue weighted by molar-refractivity contribution is 5.66. The van der Waals surface area contributed by atoms with Crippen LogP contribution in [0, 0.1) is 16.0 Å². The van der Waals surface area contributed by atoms with Gasteiger partial charge in [-0.2, -0.15) is 0 Å². The summed E-state index contributed by atoms with van der Waals surface area (Å²) < 4.78 is 0. The first-order chi connectivity index (χ1) is 5.43. The van der Waals surface area contributed by atoms with Gasteiger partial charge in [-0.15, -0.1) is 0 Å². The van der Waals surface area contributed by atoms with Gasteiger partial charge in [-0.25, -0.2) is 0 Å². The number of nitrogens with zero attached hydrogens (tertiary/aromatic N) is 1. The lowest BCUT2D eigenvalue weighted by molar-refractivity contribution is -0.520. The van der Waals surface area contributed by atoms with Crippen molar-refractivity contribution in [2.45, 2.75) is 32.7 Å². The van der Waals surface area contributed by atoms with Crippen LogP contribution in [0.5, 0.6) is 0 Å².